The van der Waals surface area contributed by atoms with Crippen LogP contribution in [0.3, 0.4) is 0 Å². The first-order valence-corrected chi connectivity index (χ1v) is 8.35. The van der Waals surface area contributed by atoms with Crippen LogP contribution in [-0.2, 0) is 9.84 Å². The van der Waals surface area contributed by atoms with Crippen LogP contribution in [0.2, 0.25) is 0 Å². The lowest BCUT2D eigenvalue weighted by atomic mass is 10.0. The Bertz CT molecular complexity index is 470. The van der Waals surface area contributed by atoms with Gasteiger partial charge in [0.05, 0.1) is 11.0 Å². The van der Waals surface area contributed by atoms with Gasteiger partial charge in [-0.2, -0.15) is 0 Å². The van der Waals surface area contributed by atoms with Gasteiger partial charge < -0.3 is 5.32 Å². The average molecular weight is 267 g/mol. The van der Waals surface area contributed by atoms with Crippen LogP contribution < -0.4 is 5.32 Å². The highest BCUT2D eigenvalue weighted by atomic mass is 32.2. The molecule has 2 atom stereocenters. The summed E-state index contributed by atoms with van der Waals surface area (Å²) in [6.45, 7) is 2.70. The molecule has 0 aliphatic carbocycles. The Labute approximate surface area is 110 Å². The van der Waals surface area contributed by atoms with Gasteiger partial charge in [-0.05, 0) is 24.8 Å². The van der Waals surface area contributed by atoms with Gasteiger partial charge in [-0.1, -0.05) is 37.3 Å². The lowest BCUT2D eigenvalue weighted by Gasteiger charge is -2.19. The minimum Gasteiger partial charge on any atom is -0.309 e. The molecule has 1 saturated heterocycles. The van der Waals surface area contributed by atoms with Crippen molar-refractivity contribution in [1.29, 1.82) is 0 Å². The zero-order valence-corrected chi connectivity index (χ0v) is 11.6. The largest absolute Gasteiger partial charge is 0.309 e. The maximum atomic E-state index is 11.8. The predicted octanol–water partition coefficient (Wildman–Crippen LogP) is 2.30. The second kappa shape index (κ2) is 5.85. The van der Waals surface area contributed by atoms with Crippen molar-refractivity contribution < 1.29 is 8.42 Å². The Morgan fingerprint density at radius 2 is 2.06 bits per heavy atom. The Kier molecular flexibility index (Phi) is 4.40. The second-order valence-corrected chi connectivity index (χ2v) is 7.31. The molecule has 100 valence electrons. The molecule has 0 spiro atoms. The summed E-state index contributed by atoms with van der Waals surface area (Å²) in [5, 5.41) is 3.22. The SMILES string of the molecule is CCC(NCC1CCCS1(=O)=O)c1ccccc1. The number of benzene rings is 1. The van der Waals surface area contributed by atoms with Crippen LogP contribution in [0.4, 0.5) is 0 Å². The maximum absolute atomic E-state index is 11.8. The lowest BCUT2D eigenvalue weighted by Crippen LogP contribution is -2.33. The number of rotatable bonds is 5. The zero-order valence-electron chi connectivity index (χ0n) is 10.8. The van der Waals surface area contributed by atoms with Crippen LogP contribution in [0, 0.1) is 0 Å². The highest BCUT2D eigenvalue weighted by Gasteiger charge is 2.31. The van der Waals surface area contributed by atoms with Gasteiger partial charge in [-0.25, -0.2) is 8.42 Å². The molecule has 4 heteroatoms. The third-order valence-electron chi connectivity index (χ3n) is 3.66. The van der Waals surface area contributed by atoms with Crippen LogP contribution in [0.5, 0.6) is 0 Å². The first kappa shape index (κ1) is 13.6. The molecule has 1 aliphatic heterocycles. The summed E-state index contributed by atoms with van der Waals surface area (Å²) in [6.07, 6.45) is 2.59. The molecule has 2 unspecified atom stereocenters. The van der Waals surface area contributed by atoms with Gasteiger partial charge in [-0.15, -0.1) is 0 Å². The molecule has 0 amide bonds. The van der Waals surface area contributed by atoms with E-state index in [1.807, 2.05) is 18.2 Å². The molecular formula is C14H21NO2S. The minimum atomic E-state index is -2.84. The first-order valence-electron chi connectivity index (χ1n) is 6.63. The summed E-state index contributed by atoms with van der Waals surface area (Å²) in [5.74, 6) is 0.363. The Balaban J connectivity index is 1.96. The molecule has 0 bridgehead atoms. The Morgan fingerprint density at radius 3 is 2.61 bits per heavy atom. The monoisotopic (exact) mass is 267 g/mol. The van der Waals surface area contributed by atoms with Crippen molar-refractivity contribution in [3.8, 4) is 0 Å². The number of hydrogen-bond acceptors (Lipinski definition) is 3. The van der Waals surface area contributed by atoms with Crippen molar-refractivity contribution in [3.63, 3.8) is 0 Å². The minimum absolute atomic E-state index is 0.185. The van der Waals surface area contributed by atoms with E-state index in [1.165, 1.54) is 5.56 Å². The van der Waals surface area contributed by atoms with Crippen LogP contribution in [0.1, 0.15) is 37.8 Å². The summed E-state index contributed by atoms with van der Waals surface area (Å²) >= 11 is 0. The standard InChI is InChI=1S/C14H21NO2S/c1-2-14(12-7-4-3-5-8-12)15-11-13-9-6-10-18(13,16)17/h3-5,7-8,13-15H,2,6,9-11H2,1H3. The fourth-order valence-electron chi connectivity index (χ4n) is 2.54. The van der Waals surface area contributed by atoms with Gasteiger partial charge in [0.25, 0.3) is 0 Å². The van der Waals surface area contributed by atoms with Crippen LogP contribution in [-0.4, -0.2) is 26.0 Å². The van der Waals surface area contributed by atoms with E-state index in [-0.39, 0.29) is 11.3 Å². The molecule has 1 aliphatic rings. The van der Waals surface area contributed by atoms with Crippen LogP contribution >= 0.6 is 0 Å². The maximum Gasteiger partial charge on any atom is 0.154 e. The van der Waals surface area contributed by atoms with E-state index >= 15 is 0 Å². The first-order chi connectivity index (χ1) is 8.63. The predicted molar refractivity (Wildman–Crippen MR) is 74.3 cm³/mol. The van der Waals surface area contributed by atoms with Gasteiger partial charge >= 0.3 is 0 Å². The molecular weight excluding hydrogens is 246 g/mol. The van der Waals surface area contributed by atoms with E-state index in [9.17, 15) is 8.42 Å². The zero-order chi connectivity index (χ0) is 13.0. The van der Waals surface area contributed by atoms with Gasteiger partial charge in [-0.3, -0.25) is 0 Å². The van der Waals surface area contributed by atoms with Crippen LogP contribution in [0.15, 0.2) is 30.3 Å². The van der Waals surface area contributed by atoms with E-state index in [0.717, 1.165) is 19.3 Å². The van der Waals surface area contributed by atoms with E-state index in [1.54, 1.807) is 0 Å². The smallest absolute Gasteiger partial charge is 0.154 e. The molecule has 1 aromatic rings. The topological polar surface area (TPSA) is 46.2 Å². The summed E-state index contributed by atoms with van der Waals surface area (Å²) in [7, 11) is -2.84. The molecule has 0 radical (unpaired) electrons. The van der Waals surface area contributed by atoms with Crippen molar-refractivity contribution in [1.82, 2.24) is 5.32 Å². The highest BCUT2D eigenvalue weighted by Crippen LogP contribution is 2.21. The molecule has 1 aromatic carbocycles. The van der Waals surface area contributed by atoms with E-state index in [2.05, 4.69) is 24.4 Å². The molecule has 18 heavy (non-hydrogen) atoms. The second-order valence-electron chi connectivity index (χ2n) is 4.91. The van der Waals surface area contributed by atoms with E-state index in [0.29, 0.717) is 12.3 Å². The molecule has 1 fully saturated rings. The molecule has 3 nitrogen and oxygen atoms in total. The quantitative estimate of drug-likeness (QED) is 0.890. The summed E-state index contributed by atoms with van der Waals surface area (Å²) < 4.78 is 23.5. The number of hydrogen-bond donors (Lipinski definition) is 1. The van der Waals surface area contributed by atoms with Crippen LogP contribution in [0.25, 0.3) is 0 Å². The van der Waals surface area contributed by atoms with Crippen molar-refractivity contribution in [2.75, 3.05) is 12.3 Å². The Morgan fingerprint density at radius 1 is 1.33 bits per heavy atom. The lowest BCUT2D eigenvalue weighted by molar-refractivity contribution is 0.502. The molecule has 1 heterocycles. The number of sulfone groups is 1. The molecule has 1 N–H and O–H groups in total. The summed E-state index contributed by atoms with van der Waals surface area (Å²) in [6, 6.07) is 10.5. The van der Waals surface area contributed by atoms with E-state index < -0.39 is 9.84 Å². The average Bonchev–Trinajstić information content (AvgIpc) is 2.71. The fourth-order valence-corrected chi connectivity index (χ4v) is 4.32. The highest BCUT2D eigenvalue weighted by molar-refractivity contribution is 7.92. The van der Waals surface area contributed by atoms with Crippen molar-refractivity contribution in [2.24, 2.45) is 0 Å². The summed E-state index contributed by atoms with van der Waals surface area (Å²) in [5.41, 5.74) is 1.23. The van der Waals surface area contributed by atoms with Gasteiger partial charge in [0.1, 0.15) is 0 Å². The third kappa shape index (κ3) is 3.12. The van der Waals surface area contributed by atoms with Crippen molar-refractivity contribution in [2.45, 2.75) is 37.5 Å². The van der Waals surface area contributed by atoms with Gasteiger partial charge in [0.15, 0.2) is 9.84 Å². The third-order valence-corrected chi connectivity index (χ3v) is 5.94. The van der Waals surface area contributed by atoms with Crippen molar-refractivity contribution >= 4 is 9.84 Å². The van der Waals surface area contributed by atoms with Crippen molar-refractivity contribution in [3.05, 3.63) is 35.9 Å². The Hall–Kier alpha value is -0.870. The molecule has 0 aromatic heterocycles. The van der Waals surface area contributed by atoms with E-state index in [4.69, 9.17) is 0 Å². The molecule has 2 rings (SSSR count). The van der Waals surface area contributed by atoms with Gasteiger partial charge in [0, 0.05) is 12.6 Å². The number of nitrogens with one attached hydrogen (secondary N) is 1. The van der Waals surface area contributed by atoms with Gasteiger partial charge in [0.2, 0.25) is 0 Å². The fraction of sp³-hybridized carbons (Fsp3) is 0.571. The normalized spacial score (nSPS) is 23.9. The summed E-state index contributed by atoms with van der Waals surface area (Å²) in [4.78, 5) is 0. The molecule has 0 saturated carbocycles.